The summed E-state index contributed by atoms with van der Waals surface area (Å²) in [5.41, 5.74) is -0.181. The summed E-state index contributed by atoms with van der Waals surface area (Å²) in [4.78, 5) is 34.6. The topological polar surface area (TPSA) is 163 Å². The van der Waals surface area contributed by atoms with Gasteiger partial charge in [-0.15, -0.1) is 0 Å². The largest absolute Gasteiger partial charge is 0.478 e. The zero-order valence-corrected chi connectivity index (χ0v) is 13.7. The highest BCUT2D eigenvalue weighted by molar-refractivity contribution is 5.90. The lowest BCUT2D eigenvalue weighted by Crippen LogP contribution is -2.58. The van der Waals surface area contributed by atoms with Crippen LogP contribution in [0.15, 0.2) is 24.0 Å². The monoisotopic (exact) mass is 359 g/mol. The van der Waals surface area contributed by atoms with Crippen molar-refractivity contribution >= 4 is 17.8 Å². The molecule has 5 unspecified atom stereocenters. The highest BCUT2D eigenvalue weighted by Crippen LogP contribution is 2.31. The number of ether oxygens (including phenoxy) is 2. The summed E-state index contributed by atoms with van der Waals surface area (Å²) in [5.74, 6) is -4.58. The number of aliphatic carboxylic acids is 1. The van der Waals surface area contributed by atoms with E-state index in [0.717, 1.165) is 13.2 Å². The molecular weight excluding hydrogens is 338 g/mol. The fourth-order valence-corrected chi connectivity index (χ4v) is 2.45. The number of aliphatic hydroxyl groups excluding tert-OH is 3. The van der Waals surface area contributed by atoms with Gasteiger partial charge in [0.05, 0.1) is 19.8 Å². The van der Waals surface area contributed by atoms with Crippen molar-refractivity contribution in [3.8, 4) is 0 Å². The highest BCUT2D eigenvalue weighted by atomic mass is 16.5. The molecule has 0 radical (unpaired) electrons. The molecule has 0 aromatic heterocycles. The number of esters is 1. The van der Waals surface area contributed by atoms with Crippen molar-refractivity contribution in [2.24, 2.45) is 5.92 Å². The lowest BCUT2D eigenvalue weighted by molar-refractivity contribution is -0.148. The molecule has 1 aliphatic heterocycles. The van der Waals surface area contributed by atoms with Crippen molar-refractivity contribution in [1.29, 1.82) is 0 Å². The highest BCUT2D eigenvalue weighted by Gasteiger charge is 2.45. The molecule has 0 saturated heterocycles. The summed E-state index contributed by atoms with van der Waals surface area (Å²) < 4.78 is 9.73. The molecule has 0 aromatic carbocycles. The van der Waals surface area contributed by atoms with Gasteiger partial charge in [0.15, 0.2) is 0 Å². The molecule has 0 bridgehead atoms. The number of carboxylic acids is 1. The average molecular weight is 359 g/mol. The predicted octanol–water partition coefficient (Wildman–Crippen LogP) is -2.08. The van der Waals surface area contributed by atoms with E-state index < -0.39 is 60.5 Å². The van der Waals surface area contributed by atoms with E-state index in [-0.39, 0.29) is 5.57 Å². The number of hydrogen-bond donors (Lipinski definition) is 5. The Bertz CT molecular complexity index is 586. The van der Waals surface area contributed by atoms with Gasteiger partial charge in [0.2, 0.25) is 11.7 Å². The second-order valence-corrected chi connectivity index (χ2v) is 5.43. The molecule has 1 rings (SSSR count). The van der Waals surface area contributed by atoms with Gasteiger partial charge in [-0.3, -0.25) is 4.79 Å². The molecule has 1 amide bonds. The van der Waals surface area contributed by atoms with Crippen LogP contribution in [-0.2, 0) is 23.9 Å². The molecule has 0 aliphatic carbocycles. The number of carbonyl (C=O) groups is 3. The van der Waals surface area contributed by atoms with Crippen LogP contribution in [0.5, 0.6) is 0 Å². The Morgan fingerprint density at radius 2 is 2.00 bits per heavy atom. The third-order valence-electron chi connectivity index (χ3n) is 3.68. The maximum Gasteiger partial charge on any atom is 0.370 e. The molecule has 5 N–H and O–H groups in total. The first-order valence-electron chi connectivity index (χ1n) is 7.27. The van der Waals surface area contributed by atoms with E-state index in [1.54, 1.807) is 0 Å². The second kappa shape index (κ2) is 8.60. The van der Waals surface area contributed by atoms with Gasteiger partial charge >= 0.3 is 11.9 Å². The van der Waals surface area contributed by atoms with Crippen LogP contribution in [0.25, 0.3) is 0 Å². The minimum absolute atomic E-state index is 0.181. The van der Waals surface area contributed by atoms with E-state index in [0.29, 0.717) is 0 Å². The summed E-state index contributed by atoms with van der Waals surface area (Å²) in [6.07, 6.45) is -3.83. The van der Waals surface area contributed by atoms with Gasteiger partial charge in [0.1, 0.15) is 18.3 Å². The van der Waals surface area contributed by atoms with E-state index >= 15 is 0 Å². The van der Waals surface area contributed by atoms with Crippen LogP contribution in [-0.4, -0.2) is 76.3 Å². The van der Waals surface area contributed by atoms with Crippen LogP contribution in [0, 0.1) is 5.92 Å². The Balaban J connectivity index is 3.37. The minimum atomic E-state index is -1.75. The maximum absolute atomic E-state index is 11.8. The molecule has 0 saturated carbocycles. The zero-order chi connectivity index (χ0) is 19.3. The lowest BCUT2D eigenvalue weighted by Gasteiger charge is -2.40. The van der Waals surface area contributed by atoms with Crippen molar-refractivity contribution in [2.45, 2.75) is 31.3 Å². The van der Waals surface area contributed by atoms with E-state index in [2.05, 4.69) is 16.6 Å². The molecule has 1 aliphatic rings. The van der Waals surface area contributed by atoms with Crippen LogP contribution in [0.1, 0.15) is 6.92 Å². The van der Waals surface area contributed by atoms with Gasteiger partial charge in [-0.25, -0.2) is 9.59 Å². The number of rotatable bonds is 7. The Labute approximate surface area is 143 Å². The van der Waals surface area contributed by atoms with Gasteiger partial charge in [0.25, 0.3) is 0 Å². The average Bonchev–Trinajstić information content (AvgIpc) is 2.58. The van der Waals surface area contributed by atoms with Crippen LogP contribution >= 0.6 is 0 Å². The first kappa shape index (κ1) is 20.6. The normalized spacial score (nSPS) is 25.0. The Kier molecular flexibility index (Phi) is 7.09. The minimum Gasteiger partial charge on any atom is -0.478 e. The van der Waals surface area contributed by atoms with Crippen molar-refractivity contribution in [2.75, 3.05) is 13.7 Å². The maximum atomic E-state index is 11.8. The summed E-state index contributed by atoms with van der Waals surface area (Å²) in [6, 6.07) is -1.14. The fraction of sp³-hybridized carbons (Fsp3) is 0.533. The van der Waals surface area contributed by atoms with Crippen LogP contribution in [0.2, 0.25) is 0 Å². The molecule has 5 atom stereocenters. The quantitative estimate of drug-likeness (QED) is 0.253. The predicted molar refractivity (Wildman–Crippen MR) is 81.9 cm³/mol. The molecule has 1 heterocycles. The third-order valence-corrected chi connectivity index (χ3v) is 3.68. The number of methoxy groups -OCH3 is 1. The third kappa shape index (κ3) is 4.78. The van der Waals surface area contributed by atoms with E-state index in [1.807, 2.05) is 0 Å². The number of aliphatic hydroxyl groups is 3. The summed E-state index contributed by atoms with van der Waals surface area (Å²) in [7, 11) is 1.10. The number of amides is 1. The fourth-order valence-electron chi connectivity index (χ4n) is 2.45. The van der Waals surface area contributed by atoms with Gasteiger partial charge in [-0.2, -0.15) is 0 Å². The number of hydrogen-bond acceptors (Lipinski definition) is 8. The smallest absolute Gasteiger partial charge is 0.370 e. The Hall–Kier alpha value is -2.43. The molecular formula is C15H21NO9. The van der Waals surface area contributed by atoms with Crippen molar-refractivity contribution in [3.63, 3.8) is 0 Å². The molecule has 10 heteroatoms. The summed E-state index contributed by atoms with van der Waals surface area (Å²) >= 11 is 0. The van der Waals surface area contributed by atoms with E-state index in [9.17, 15) is 29.7 Å². The molecule has 0 fully saturated rings. The van der Waals surface area contributed by atoms with Crippen LogP contribution in [0.4, 0.5) is 0 Å². The zero-order valence-electron chi connectivity index (χ0n) is 13.7. The van der Waals surface area contributed by atoms with Crippen molar-refractivity contribution < 1.29 is 44.3 Å². The Morgan fingerprint density at radius 1 is 1.40 bits per heavy atom. The van der Waals surface area contributed by atoms with Crippen molar-refractivity contribution in [3.05, 3.63) is 24.0 Å². The SMILES string of the molecule is C=C(C(=O)OC)C1C=C(C(=O)O)OC(C(O)C(O)CO)C1NC(C)=O. The van der Waals surface area contributed by atoms with Gasteiger partial charge in [-0.05, 0) is 6.08 Å². The van der Waals surface area contributed by atoms with Crippen LogP contribution < -0.4 is 5.32 Å². The second-order valence-electron chi connectivity index (χ2n) is 5.43. The van der Waals surface area contributed by atoms with Crippen LogP contribution in [0.3, 0.4) is 0 Å². The van der Waals surface area contributed by atoms with Gasteiger partial charge in [-0.1, -0.05) is 6.58 Å². The molecule has 0 aromatic rings. The van der Waals surface area contributed by atoms with E-state index in [1.165, 1.54) is 6.92 Å². The molecule has 0 spiro atoms. The van der Waals surface area contributed by atoms with E-state index in [4.69, 9.17) is 9.84 Å². The van der Waals surface area contributed by atoms with Gasteiger partial charge < -0.3 is 35.2 Å². The summed E-state index contributed by atoms with van der Waals surface area (Å²) in [6.45, 7) is 3.88. The lowest BCUT2D eigenvalue weighted by atomic mass is 9.83. The summed E-state index contributed by atoms with van der Waals surface area (Å²) in [5, 5.41) is 40.5. The first-order chi connectivity index (χ1) is 11.6. The number of nitrogens with one attached hydrogen (secondary N) is 1. The number of carbonyl (C=O) groups excluding carboxylic acids is 2. The molecule has 10 nitrogen and oxygen atoms in total. The molecule has 25 heavy (non-hydrogen) atoms. The molecule has 140 valence electrons. The van der Waals surface area contributed by atoms with Gasteiger partial charge in [0, 0.05) is 18.4 Å². The standard InChI is InChI=1S/C15H21NO9/c1-6(15(23)24-3)8-4-10(14(21)22)25-13(11(8)16-7(2)18)12(20)9(19)5-17/h4,8-9,11-13,17,19-20H,1,5H2,2-3H3,(H,16,18)(H,21,22). The first-order valence-corrected chi connectivity index (χ1v) is 7.27. The van der Waals surface area contributed by atoms with Crippen molar-refractivity contribution in [1.82, 2.24) is 5.32 Å². The Morgan fingerprint density at radius 3 is 2.44 bits per heavy atom. The number of carboxylic acid groups (broad SMARTS) is 1.